The average Bonchev–Trinajstić information content (AvgIpc) is 2.50. The molecule has 0 saturated carbocycles. The van der Waals surface area contributed by atoms with Crippen LogP contribution in [0.5, 0.6) is 0 Å². The summed E-state index contributed by atoms with van der Waals surface area (Å²) in [7, 11) is 0.953. The first kappa shape index (κ1) is 19.3. The van der Waals surface area contributed by atoms with Crippen LogP contribution in [0.1, 0.15) is 10.4 Å². The Morgan fingerprint density at radius 2 is 1.44 bits per heavy atom. The van der Waals surface area contributed by atoms with Crippen molar-refractivity contribution in [3.05, 3.63) is 37.9 Å². The summed E-state index contributed by atoms with van der Waals surface area (Å²) in [5.41, 5.74) is -3.36. The molecule has 0 saturated heterocycles. The van der Waals surface area contributed by atoms with E-state index in [9.17, 15) is 34.6 Å². The molecule has 0 fully saturated rings. The van der Waals surface area contributed by atoms with E-state index >= 15 is 0 Å². The summed E-state index contributed by atoms with van der Waals surface area (Å²) < 4.78 is 4.35. The Balaban J connectivity index is 3.76. The number of esters is 1. The Labute approximate surface area is 138 Å². The maximum Gasteiger partial charge on any atom is 0.338 e. The second-order valence-corrected chi connectivity index (χ2v) is 4.51. The van der Waals surface area contributed by atoms with Crippen molar-refractivity contribution >= 4 is 35.0 Å². The number of aliphatic carboxylic acids is 2. The van der Waals surface area contributed by atoms with Gasteiger partial charge in [-0.3, -0.25) is 29.8 Å². The third-order valence-electron chi connectivity index (χ3n) is 2.85. The van der Waals surface area contributed by atoms with E-state index in [4.69, 9.17) is 10.2 Å². The molecule has 1 aromatic carbocycles. The third-order valence-corrected chi connectivity index (χ3v) is 2.85. The number of benzene rings is 1. The normalized spacial score (nSPS) is 9.96. The molecule has 0 aromatic heterocycles. The molecular formula is C12H11N3O10. The zero-order chi connectivity index (χ0) is 19.3. The fourth-order valence-electron chi connectivity index (χ4n) is 1.98. The topological polar surface area (TPSA) is 190 Å². The first-order valence-electron chi connectivity index (χ1n) is 6.32. The van der Waals surface area contributed by atoms with Crippen LogP contribution in [0.2, 0.25) is 0 Å². The van der Waals surface area contributed by atoms with Gasteiger partial charge in [0, 0.05) is 12.1 Å². The van der Waals surface area contributed by atoms with Crippen molar-refractivity contribution < 1.29 is 39.2 Å². The second-order valence-electron chi connectivity index (χ2n) is 4.51. The van der Waals surface area contributed by atoms with Gasteiger partial charge in [0.2, 0.25) is 0 Å². The Hall–Kier alpha value is -3.77. The lowest BCUT2D eigenvalue weighted by Crippen LogP contribution is -2.35. The largest absolute Gasteiger partial charge is 0.480 e. The third kappa shape index (κ3) is 4.60. The molecule has 0 aliphatic rings. The van der Waals surface area contributed by atoms with E-state index in [0.29, 0.717) is 17.0 Å². The van der Waals surface area contributed by atoms with E-state index in [1.807, 2.05) is 0 Å². The van der Waals surface area contributed by atoms with Crippen molar-refractivity contribution in [2.45, 2.75) is 0 Å². The summed E-state index contributed by atoms with van der Waals surface area (Å²) in [6.07, 6.45) is 0. The van der Waals surface area contributed by atoms with Gasteiger partial charge in [0.25, 0.3) is 0 Å². The first-order valence-corrected chi connectivity index (χ1v) is 6.32. The van der Waals surface area contributed by atoms with Gasteiger partial charge in [0.05, 0.1) is 22.5 Å². The average molecular weight is 357 g/mol. The fraction of sp³-hybridized carbons (Fsp3) is 0.250. The molecule has 1 aromatic rings. The molecule has 0 aliphatic carbocycles. The zero-order valence-corrected chi connectivity index (χ0v) is 12.6. The number of carboxylic acid groups (broad SMARTS) is 2. The number of nitro groups is 2. The summed E-state index contributed by atoms with van der Waals surface area (Å²) in [5.74, 6) is -4.23. The van der Waals surface area contributed by atoms with E-state index in [1.54, 1.807) is 0 Å². The molecule has 0 heterocycles. The predicted octanol–water partition coefficient (Wildman–Crippen LogP) is 0.265. The van der Waals surface area contributed by atoms with Crippen LogP contribution in [-0.4, -0.2) is 58.2 Å². The lowest BCUT2D eigenvalue weighted by molar-refractivity contribution is -0.392. The minimum atomic E-state index is -1.57. The van der Waals surface area contributed by atoms with E-state index in [0.717, 1.165) is 7.11 Å². The molecule has 1 rings (SSSR count). The monoisotopic (exact) mass is 357 g/mol. The standard InChI is InChI=1S/C12H11N3O10/c1-25-12(20)6-2-7(14(21)22)11(8(3-6)15(23)24)13(4-9(16)17)5-10(18)19/h2-3H,4-5H2,1H3,(H,16,17)(H,18,19). The molecule has 0 atom stereocenters. The Morgan fingerprint density at radius 1 is 1.04 bits per heavy atom. The number of carbonyl (C=O) groups excluding carboxylic acids is 1. The van der Waals surface area contributed by atoms with Gasteiger partial charge in [-0.2, -0.15) is 0 Å². The summed E-state index contributed by atoms with van der Waals surface area (Å²) in [5, 5.41) is 40.2. The number of rotatable bonds is 8. The summed E-state index contributed by atoms with van der Waals surface area (Å²) in [6, 6.07) is 1.29. The molecule has 2 N–H and O–H groups in total. The van der Waals surface area contributed by atoms with Gasteiger partial charge in [0.1, 0.15) is 13.1 Å². The molecule has 0 amide bonds. The van der Waals surface area contributed by atoms with Crippen LogP contribution in [0.25, 0.3) is 0 Å². The molecular weight excluding hydrogens is 346 g/mol. The van der Waals surface area contributed by atoms with Gasteiger partial charge >= 0.3 is 29.3 Å². The quantitative estimate of drug-likeness (QED) is 0.368. The highest BCUT2D eigenvalue weighted by Crippen LogP contribution is 2.38. The van der Waals surface area contributed by atoms with E-state index in [2.05, 4.69) is 4.74 Å². The molecule has 0 aliphatic heterocycles. The summed E-state index contributed by atoms with van der Waals surface area (Å²) in [4.78, 5) is 54.1. The van der Waals surface area contributed by atoms with Gasteiger partial charge in [-0.25, -0.2) is 4.79 Å². The number of carbonyl (C=O) groups is 3. The Bertz CT molecular complexity index is 709. The lowest BCUT2D eigenvalue weighted by Gasteiger charge is -2.20. The smallest absolute Gasteiger partial charge is 0.338 e. The van der Waals surface area contributed by atoms with Crippen molar-refractivity contribution in [3.63, 3.8) is 0 Å². The van der Waals surface area contributed by atoms with Crippen molar-refractivity contribution in [2.24, 2.45) is 0 Å². The number of anilines is 1. The van der Waals surface area contributed by atoms with Gasteiger partial charge in [0.15, 0.2) is 5.69 Å². The zero-order valence-electron chi connectivity index (χ0n) is 12.6. The highest BCUT2D eigenvalue weighted by molar-refractivity contribution is 5.95. The Kier molecular flexibility index (Phi) is 5.91. The summed E-state index contributed by atoms with van der Waals surface area (Å²) in [6.45, 7) is -2.10. The van der Waals surface area contributed by atoms with Crippen molar-refractivity contribution in [2.75, 3.05) is 25.1 Å². The predicted molar refractivity (Wildman–Crippen MR) is 78.6 cm³/mol. The number of carboxylic acids is 2. The molecule has 13 nitrogen and oxygen atoms in total. The number of nitro benzene ring substituents is 2. The van der Waals surface area contributed by atoms with E-state index in [1.165, 1.54) is 0 Å². The van der Waals surface area contributed by atoms with Crippen LogP contribution in [0.4, 0.5) is 17.1 Å². The van der Waals surface area contributed by atoms with Crippen molar-refractivity contribution in [3.8, 4) is 0 Å². The van der Waals surface area contributed by atoms with Crippen LogP contribution in [-0.2, 0) is 14.3 Å². The van der Waals surface area contributed by atoms with Gasteiger partial charge < -0.3 is 19.8 Å². The van der Waals surface area contributed by atoms with E-state index < -0.39 is 63.5 Å². The highest BCUT2D eigenvalue weighted by atomic mass is 16.6. The van der Waals surface area contributed by atoms with Gasteiger partial charge in [-0.15, -0.1) is 0 Å². The molecule has 0 spiro atoms. The van der Waals surface area contributed by atoms with Crippen LogP contribution >= 0.6 is 0 Å². The van der Waals surface area contributed by atoms with Crippen molar-refractivity contribution in [1.29, 1.82) is 0 Å². The SMILES string of the molecule is COC(=O)c1cc([N+](=O)[O-])c(N(CC(=O)O)CC(=O)O)c([N+](=O)[O-])c1. The number of methoxy groups -OCH3 is 1. The molecule has 0 bridgehead atoms. The molecule has 134 valence electrons. The first-order chi connectivity index (χ1) is 11.6. The van der Waals surface area contributed by atoms with Gasteiger partial charge in [-0.1, -0.05) is 0 Å². The lowest BCUT2D eigenvalue weighted by atomic mass is 10.1. The summed E-state index contributed by atoms with van der Waals surface area (Å²) >= 11 is 0. The van der Waals surface area contributed by atoms with E-state index in [-0.39, 0.29) is 0 Å². The highest BCUT2D eigenvalue weighted by Gasteiger charge is 2.34. The molecule has 0 radical (unpaired) electrons. The maximum absolute atomic E-state index is 11.5. The number of nitrogens with zero attached hydrogens (tertiary/aromatic N) is 3. The fourth-order valence-corrected chi connectivity index (χ4v) is 1.98. The van der Waals surface area contributed by atoms with Crippen LogP contribution in [0.15, 0.2) is 12.1 Å². The second kappa shape index (κ2) is 7.67. The molecule has 13 heteroatoms. The molecule has 25 heavy (non-hydrogen) atoms. The number of ether oxygens (including phenoxy) is 1. The Morgan fingerprint density at radius 3 is 1.72 bits per heavy atom. The minimum Gasteiger partial charge on any atom is -0.480 e. The number of hydrogen-bond acceptors (Lipinski definition) is 9. The van der Waals surface area contributed by atoms with Crippen LogP contribution in [0.3, 0.4) is 0 Å². The minimum absolute atomic E-state index is 0.446. The maximum atomic E-state index is 11.5. The van der Waals surface area contributed by atoms with Gasteiger partial charge in [-0.05, 0) is 0 Å². The number of hydrogen-bond donors (Lipinski definition) is 2. The van der Waals surface area contributed by atoms with Crippen molar-refractivity contribution in [1.82, 2.24) is 0 Å². The molecule has 0 unspecified atom stereocenters. The van der Waals surface area contributed by atoms with Crippen LogP contribution < -0.4 is 4.90 Å². The van der Waals surface area contributed by atoms with Crippen LogP contribution in [0, 0.1) is 20.2 Å².